The summed E-state index contributed by atoms with van der Waals surface area (Å²) < 4.78 is 41.0. The highest BCUT2D eigenvalue weighted by molar-refractivity contribution is 7.92. The average molecular weight is 360 g/mol. The molecule has 1 aliphatic heterocycles. The van der Waals surface area contributed by atoms with E-state index in [-0.39, 0.29) is 10.8 Å². The lowest BCUT2D eigenvalue weighted by Crippen LogP contribution is -2.14. The molecule has 5 nitrogen and oxygen atoms in total. The van der Waals surface area contributed by atoms with Crippen LogP contribution in [-0.2, 0) is 14.8 Å². The van der Waals surface area contributed by atoms with Gasteiger partial charge in [0.05, 0.1) is 10.6 Å². The Bertz CT molecular complexity index is 1020. The molecule has 0 radical (unpaired) electrons. The fourth-order valence-electron chi connectivity index (χ4n) is 2.76. The summed E-state index contributed by atoms with van der Waals surface area (Å²) in [4.78, 5) is 12.1. The van der Waals surface area contributed by atoms with Gasteiger partial charge in [0, 0.05) is 16.8 Å². The Morgan fingerprint density at radius 3 is 2.48 bits per heavy atom. The summed E-state index contributed by atoms with van der Waals surface area (Å²) in [5.74, 6) is -0.678. The first kappa shape index (κ1) is 17.2. The third-order valence-corrected chi connectivity index (χ3v) is 5.34. The van der Waals surface area contributed by atoms with E-state index in [2.05, 4.69) is 10.0 Å². The molecule has 0 saturated carbocycles. The van der Waals surface area contributed by atoms with Gasteiger partial charge >= 0.3 is 0 Å². The molecule has 1 amide bonds. The maximum Gasteiger partial charge on any atom is 0.261 e. The zero-order valence-corrected chi connectivity index (χ0v) is 14.8. The number of amides is 1. The molecule has 1 aliphatic rings. The van der Waals surface area contributed by atoms with Crippen LogP contribution < -0.4 is 10.0 Å². The number of hydrogen-bond donors (Lipinski definition) is 2. The number of anilines is 2. The lowest BCUT2D eigenvalue weighted by Gasteiger charge is -2.11. The zero-order valence-electron chi connectivity index (χ0n) is 14.0. The van der Waals surface area contributed by atoms with Crippen molar-refractivity contribution in [1.29, 1.82) is 0 Å². The number of hydrogen-bond acceptors (Lipinski definition) is 3. The molecule has 0 atom stereocenters. The number of fused-ring (bicyclic) bond motifs is 1. The number of sulfonamides is 1. The summed E-state index contributed by atoms with van der Waals surface area (Å²) in [5, 5.41) is 2.72. The van der Waals surface area contributed by atoms with Crippen LogP contribution in [0.1, 0.15) is 25.0 Å². The minimum Gasteiger partial charge on any atom is -0.321 e. The molecule has 0 spiro atoms. The third-order valence-electron chi connectivity index (χ3n) is 3.98. The van der Waals surface area contributed by atoms with E-state index < -0.39 is 15.8 Å². The zero-order chi connectivity index (χ0) is 18.4. The Hall–Kier alpha value is -2.67. The molecule has 0 saturated heterocycles. The smallest absolute Gasteiger partial charge is 0.261 e. The molecule has 1 heterocycles. The second-order valence-corrected chi connectivity index (χ2v) is 7.78. The molecule has 0 bridgehead atoms. The molecular formula is C18H17FN2O3S. The van der Waals surface area contributed by atoms with Crippen LogP contribution in [0, 0.1) is 12.7 Å². The summed E-state index contributed by atoms with van der Waals surface area (Å²) in [6.07, 6.45) is 0. The quantitative estimate of drug-likeness (QED) is 0.820. The van der Waals surface area contributed by atoms with Crippen molar-refractivity contribution in [3.8, 4) is 0 Å². The SMILES string of the molecule is CC(C)=C1C(=O)Nc2ccc(S(=O)(=O)Nc3ccc(F)cc3C)cc21. The van der Waals surface area contributed by atoms with Crippen LogP contribution in [0.3, 0.4) is 0 Å². The highest BCUT2D eigenvalue weighted by Gasteiger charge is 2.27. The molecular weight excluding hydrogens is 343 g/mol. The van der Waals surface area contributed by atoms with Gasteiger partial charge < -0.3 is 5.32 Å². The first-order chi connectivity index (χ1) is 11.7. The van der Waals surface area contributed by atoms with Crippen molar-refractivity contribution >= 4 is 32.9 Å². The topological polar surface area (TPSA) is 75.3 Å². The summed E-state index contributed by atoms with van der Waals surface area (Å²) in [5.41, 5.74) is 3.20. The number of halogens is 1. The van der Waals surface area contributed by atoms with Crippen molar-refractivity contribution in [3.05, 3.63) is 58.9 Å². The monoisotopic (exact) mass is 360 g/mol. The number of allylic oxidation sites excluding steroid dienone is 1. The summed E-state index contributed by atoms with van der Waals surface area (Å²) in [6, 6.07) is 8.28. The lowest BCUT2D eigenvalue weighted by atomic mass is 10.0. The van der Waals surface area contributed by atoms with E-state index >= 15 is 0 Å². The van der Waals surface area contributed by atoms with Crippen LogP contribution in [-0.4, -0.2) is 14.3 Å². The van der Waals surface area contributed by atoms with E-state index in [1.807, 2.05) is 0 Å². The van der Waals surface area contributed by atoms with Gasteiger partial charge in [0.2, 0.25) is 0 Å². The third kappa shape index (κ3) is 3.15. The Balaban J connectivity index is 2.02. The van der Waals surface area contributed by atoms with E-state index in [0.717, 1.165) is 5.57 Å². The van der Waals surface area contributed by atoms with Gasteiger partial charge in [-0.15, -0.1) is 0 Å². The van der Waals surface area contributed by atoms with Crippen molar-refractivity contribution in [1.82, 2.24) is 0 Å². The first-order valence-corrected chi connectivity index (χ1v) is 9.09. The molecule has 7 heteroatoms. The molecule has 2 aromatic carbocycles. The van der Waals surface area contributed by atoms with Crippen molar-refractivity contribution in [3.63, 3.8) is 0 Å². The number of benzene rings is 2. The molecule has 2 aromatic rings. The van der Waals surface area contributed by atoms with E-state index in [0.29, 0.717) is 28.1 Å². The Morgan fingerprint density at radius 2 is 1.84 bits per heavy atom. The lowest BCUT2D eigenvalue weighted by molar-refractivity contribution is -0.110. The van der Waals surface area contributed by atoms with Crippen LogP contribution in [0.4, 0.5) is 15.8 Å². The Morgan fingerprint density at radius 1 is 1.12 bits per heavy atom. The summed E-state index contributed by atoms with van der Waals surface area (Å²) in [6.45, 7) is 5.21. The highest BCUT2D eigenvalue weighted by Crippen LogP contribution is 2.35. The second kappa shape index (κ2) is 6.00. The van der Waals surface area contributed by atoms with Gasteiger partial charge in [0.25, 0.3) is 15.9 Å². The van der Waals surface area contributed by atoms with Crippen molar-refractivity contribution in [2.75, 3.05) is 10.0 Å². The maximum atomic E-state index is 13.2. The summed E-state index contributed by atoms with van der Waals surface area (Å²) >= 11 is 0. The standard InChI is InChI=1S/C18H17FN2O3S/c1-10(2)17-14-9-13(5-7-16(14)20-18(17)22)25(23,24)21-15-6-4-12(19)8-11(15)3/h4-9,21H,1-3H3,(H,20,22). The van der Waals surface area contributed by atoms with Gasteiger partial charge in [-0.05, 0) is 62.7 Å². The minimum atomic E-state index is -3.87. The predicted molar refractivity (Wildman–Crippen MR) is 95.3 cm³/mol. The molecule has 3 rings (SSSR count). The number of nitrogens with one attached hydrogen (secondary N) is 2. The van der Waals surface area contributed by atoms with Crippen LogP contribution in [0.2, 0.25) is 0 Å². The van der Waals surface area contributed by atoms with E-state index in [1.165, 1.54) is 30.3 Å². The van der Waals surface area contributed by atoms with E-state index in [9.17, 15) is 17.6 Å². The normalized spacial score (nSPS) is 13.4. The van der Waals surface area contributed by atoms with Crippen LogP contribution in [0.25, 0.3) is 5.57 Å². The molecule has 130 valence electrons. The Kier molecular flexibility index (Phi) is 4.12. The average Bonchev–Trinajstić information content (AvgIpc) is 2.85. The maximum absolute atomic E-state index is 13.2. The Labute approximate surface area is 145 Å². The highest BCUT2D eigenvalue weighted by atomic mass is 32.2. The van der Waals surface area contributed by atoms with Gasteiger partial charge in [-0.1, -0.05) is 5.57 Å². The number of aryl methyl sites for hydroxylation is 1. The van der Waals surface area contributed by atoms with Gasteiger partial charge in [0.1, 0.15) is 5.82 Å². The van der Waals surface area contributed by atoms with Gasteiger partial charge in [-0.2, -0.15) is 0 Å². The van der Waals surface area contributed by atoms with Gasteiger partial charge in [-0.3, -0.25) is 9.52 Å². The molecule has 0 fully saturated rings. The number of carbonyl (C=O) groups excluding carboxylic acids is 1. The van der Waals surface area contributed by atoms with Crippen molar-refractivity contribution in [2.45, 2.75) is 25.7 Å². The van der Waals surface area contributed by atoms with Crippen LogP contribution >= 0.6 is 0 Å². The first-order valence-electron chi connectivity index (χ1n) is 7.61. The molecule has 2 N–H and O–H groups in total. The van der Waals surface area contributed by atoms with Crippen molar-refractivity contribution in [2.24, 2.45) is 0 Å². The van der Waals surface area contributed by atoms with Crippen molar-refractivity contribution < 1.29 is 17.6 Å². The fraction of sp³-hybridized carbons (Fsp3) is 0.167. The molecule has 0 aromatic heterocycles. The van der Waals surface area contributed by atoms with E-state index in [4.69, 9.17) is 0 Å². The fourth-order valence-corrected chi connectivity index (χ4v) is 3.91. The molecule has 0 unspecified atom stereocenters. The minimum absolute atomic E-state index is 0.0326. The second-order valence-electron chi connectivity index (χ2n) is 6.10. The van der Waals surface area contributed by atoms with Crippen LogP contribution in [0.5, 0.6) is 0 Å². The number of rotatable bonds is 3. The predicted octanol–water partition coefficient (Wildman–Crippen LogP) is 3.68. The molecule has 0 aliphatic carbocycles. The number of carbonyl (C=O) groups is 1. The van der Waals surface area contributed by atoms with Crippen LogP contribution in [0.15, 0.2) is 46.9 Å². The van der Waals surface area contributed by atoms with E-state index in [1.54, 1.807) is 26.8 Å². The van der Waals surface area contributed by atoms with Gasteiger partial charge in [0.15, 0.2) is 0 Å². The van der Waals surface area contributed by atoms with Gasteiger partial charge in [-0.25, -0.2) is 12.8 Å². The largest absolute Gasteiger partial charge is 0.321 e. The molecule has 25 heavy (non-hydrogen) atoms. The summed E-state index contributed by atoms with van der Waals surface area (Å²) in [7, 11) is -3.87.